The number of amides is 4. The van der Waals surface area contributed by atoms with Crippen molar-refractivity contribution in [1.82, 2.24) is 20.4 Å². The number of likely N-dealkylation sites (N-methyl/N-ethyl adjacent to an activating group) is 1. The third kappa shape index (κ3) is 16.5. The Morgan fingerprint density at radius 1 is 0.737 bits per heavy atom. The van der Waals surface area contributed by atoms with E-state index >= 15 is 0 Å². The molecular weight excluding hydrogens is 500 g/mol. The van der Waals surface area contributed by atoms with Crippen LogP contribution in [0.25, 0.3) is 0 Å². The Bertz CT molecular complexity index is 792. The molecule has 38 heavy (non-hydrogen) atoms. The van der Waals surface area contributed by atoms with Crippen LogP contribution in [0.3, 0.4) is 0 Å². The molecule has 0 aliphatic rings. The van der Waals surface area contributed by atoms with E-state index < -0.39 is 53.0 Å². The summed E-state index contributed by atoms with van der Waals surface area (Å²) >= 11 is 0. The summed E-state index contributed by atoms with van der Waals surface area (Å²) in [5, 5.41) is 14.8. The molecule has 220 valence electrons. The van der Waals surface area contributed by atoms with E-state index in [2.05, 4.69) is 10.6 Å². The summed E-state index contributed by atoms with van der Waals surface area (Å²) in [5.41, 5.74) is -2.20. The fourth-order valence-corrected chi connectivity index (χ4v) is 2.94. The summed E-state index contributed by atoms with van der Waals surface area (Å²) in [6, 6.07) is -1.30. The lowest BCUT2D eigenvalue weighted by molar-refractivity contribution is -0.143. The maximum absolute atomic E-state index is 13.0. The number of carboxylic acids is 1. The van der Waals surface area contributed by atoms with Crippen molar-refractivity contribution >= 4 is 30.2 Å². The van der Waals surface area contributed by atoms with E-state index in [0.29, 0.717) is 0 Å². The van der Waals surface area contributed by atoms with Crippen LogP contribution in [0.15, 0.2) is 0 Å². The molecule has 0 aliphatic heterocycles. The first-order valence-electron chi connectivity index (χ1n) is 12.5. The lowest BCUT2D eigenvalue weighted by Crippen LogP contribution is -2.46. The van der Waals surface area contributed by atoms with Crippen LogP contribution in [0.1, 0.15) is 75.2 Å². The van der Waals surface area contributed by atoms with Gasteiger partial charge in [0.2, 0.25) is 5.91 Å². The standard InChI is InChI=1S/C25H46N4O9/c1-23(2,3)36-20(33)26-13-15-29(16-14-27-21(34)37-24(4,5)6)18(30)12-11-17(19(31)32)28(10)22(35)38-25(7,8)9/h17H,11-16H2,1-10H3,(H,26,33)(H,27,34)(H,31,32)/t17-/m0/s1. The number of hydrogen-bond donors (Lipinski definition) is 3. The second-order valence-corrected chi connectivity index (χ2v) is 11.7. The van der Waals surface area contributed by atoms with Gasteiger partial charge in [0.1, 0.15) is 22.8 Å². The molecule has 0 unspecified atom stereocenters. The Labute approximate surface area is 225 Å². The van der Waals surface area contributed by atoms with Crippen LogP contribution in [-0.4, -0.2) is 101 Å². The molecule has 0 aromatic carbocycles. The fourth-order valence-electron chi connectivity index (χ4n) is 2.94. The van der Waals surface area contributed by atoms with E-state index in [1.807, 2.05) is 0 Å². The van der Waals surface area contributed by atoms with Crippen LogP contribution in [-0.2, 0) is 23.8 Å². The van der Waals surface area contributed by atoms with Crippen molar-refractivity contribution in [2.75, 3.05) is 33.2 Å². The summed E-state index contributed by atoms with van der Waals surface area (Å²) < 4.78 is 15.6. The van der Waals surface area contributed by atoms with E-state index in [4.69, 9.17) is 14.2 Å². The van der Waals surface area contributed by atoms with Gasteiger partial charge in [-0.25, -0.2) is 19.2 Å². The maximum Gasteiger partial charge on any atom is 0.410 e. The van der Waals surface area contributed by atoms with E-state index in [9.17, 15) is 29.1 Å². The van der Waals surface area contributed by atoms with Gasteiger partial charge in [-0.05, 0) is 68.7 Å². The molecule has 0 fully saturated rings. The van der Waals surface area contributed by atoms with Gasteiger partial charge in [-0.1, -0.05) is 0 Å². The number of carboxylic acid groups (broad SMARTS) is 1. The van der Waals surface area contributed by atoms with Crippen molar-refractivity contribution in [3.05, 3.63) is 0 Å². The molecule has 0 bridgehead atoms. The van der Waals surface area contributed by atoms with Crippen LogP contribution in [0.5, 0.6) is 0 Å². The predicted octanol–water partition coefficient (Wildman–Crippen LogP) is 2.96. The van der Waals surface area contributed by atoms with E-state index in [0.717, 1.165) is 4.90 Å². The average Bonchev–Trinajstić information content (AvgIpc) is 2.68. The second kappa shape index (κ2) is 14.6. The largest absolute Gasteiger partial charge is 0.480 e. The van der Waals surface area contributed by atoms with Crippen LogP contribution < -0.4 is 10.6 Å². The molecule has 0 saturated heterocycles. The molecule has 13 heteroatoms. The van der Waals surface area contributed by atoms with Crippen LogP contribution in [0.2, 0.25) is 0 Å². The number of ether oxygens (including phenoxy) is 3. The monoisotopic (exact) mass is 546 g/mol. The first-order chi connectivity index (χ1) is 17.1. The Morgan fingerprint density at radius 3 is 1.47 bits per heavy atom. The van der Waals surface area contributed by atoms with Crippen molar-refractivity contribution in [3.8, 4) is 0 Å². The molecule has 0 spiro atoms. The van der Waals surface area contributed by atoms with Crippen molar-refractivity contribution in [3.63, 3.8) is 0 Å². The summed E-state index contributed by atoms with van der Waals surface area (Å²) in [7, 11) is 1.30. The predicted molar refractivity (Wildman–Crippen MR) is 140 cm³/mol. The summed E-state index contributed by atoms with van der Waals surface area (Å²) in [4.78, 5) is 63.4. The fraction of sp³-hybridized carbons (Fsp3) is 0.800. The Morgan fingerprint density at radius 2 is 1.13 bits per heavy atom. The molecule has 4 amide bonds. The minimum atomic E-state index is -1.30. The van der Waals surface area contributed by atoms with Gasteiger partial charge < -0.3 is 34.9 Å². The van der Waals surface area contributed by atoms with Gasteiger partial charge in [0.15, 0.2) is 0 Å². The molecule has 1 atom stereocenters. The smallest absolute Gasteiger partial charge is 0.410 e. The zero-order valence-electron chi connectivity index (χ0n) is 24.4. The molecule has 0 saturated carbocycles. The third-order valence-electron chi connectivity index (χ3n) is 4.52. The number of rotatable bonds is 11. The first kappa shape index (κ1) is 34.8. The normalized spacial score (nSPS) is 12.6. The van der Waals surface area contributed by atoms with E-state index in [-0.39, 0.29) is 39.0 Å². The lowest BCUT2D eigenvalue weighted by Gasteiger charge is -2.29. The SMILES string of the molecule is CN(C(=O)OC(C)(C)C)[C@@H](CCC(=O)N(CCNC(=O)OC(C)(C)C)CCNC(=O)OC(C)(C)C)C(=O)O. The van der Waals surface area contributed by atoms with Crippen molar-refractivity contribution < 1.29 is 43.3 Å². The molecule has 3 N–H and O–H groups in total. The summed E-state index contributed by atoms with van der Waals surface area (Å²) in [5.74, 6) is -1.71. The Kier molecular flexibility index (Phi) is 13.4. The molecule has 0 heterocycles. The minimum Gasteiger partial charge on any atom is -0.480 e. The van der Waals surface area contributed by atoms with Crippen molar-refractivity contribution in [2.24, 2.45) is 0 Å². The minimum absolute atomic E-state index is 0.0628. The van der Waals surface area contributed by atoms with Crippen molar-refractivity contribution in [2.45, 2.75) is 98.0 Å². The van der Waals surface area contributed by atoms with Gasteiger partial charge in [-0.15, -0.1) is 0 Å². The highest BCUT2D eigenvalue weighted by atomic mass is 16.6. The summed E-state index contributed by atoms with van der Waals surface area (Å²) in [6.07, 6.45) is -2.50. The molecule has 0 aromatic heterocycles. The third-order valence-corrected chi connectivity index (χ3v) is 4.52. The van der Waals surface area contributed by atoms with Gasteiger partial charge in [0, 0.05) is 39.6 Å². The van der Waals surface area contributed by atoms with Crippen LogP contribution in [0.4, 0.5) is 14.4 Å². The van der Waals surface area contributed by atoms with Gasteiger partial charge in [0.25, 0.3) is 0 Å². The van der Waals surface area contributed by atoms with Gasteiger partial charge >= 0.3 is 24.2 Å². The zero-order chi connectivity index (χ0) is 29.9. The average molecular weight is 547 g/mol. The number of aliphatic carboxylic acids is 1. The summed E-state index contributed by atoms with van der Waals surface area (Å²) in [6.45, 7) is 15.6. The number of nitrogens with zero attached hydrogens (tertiary/aromatic N) is 2. The number of carbonyl (C=O) groups excluding carboxylic acids is 4. The van der Waals surface area contributed by atoms with Crippen LogP contribution in [0, 0.1) is 0 Å². The van der Waals surface area contributed by atoms with Gasteiger partial charge in [-0.2, -0.15) is 0 Å². The second-order valence-electron chi connectivity index (χ2n) is 11.7. The highest BCUT2D eigenvalue weighted by Gasteiger charge is 2.31. The first-order valence-corrected chi connectivity index (χ1v) is 12.5. The lowest BCUT2D eigenvalue weighted by atomic mass is 10.1. The Balaban J connectivity index is 5.26. The van der Waals surface area contributed by atoms with Crippen molar-refractivity contribution in [1.29, 1.82) is 0 Å². The number of carbonyl (C=O) groups is 5. The molecule has 0 radical (unpaired) electrons. The highest BCUT2D eigenvalue weighted by Crippen LogP contribution is 2.14. The molecular formula is C25H46N4O9. The Hall–Kier alpha value is -3.25. The molecule has 13 nitrogen and oxygen atoms in total. The number of alkyl carbamates (subject to hydrolysis) is 2. The maximum atomic E-state index is 13.0. The van der Waals surface area contributed by atoms with E-state index in [1.165, 1.54) is 11.9 Å². The number of hydrogen-bond acceptors (Lipinski definition) is 8. The zero-order valence-corrected chi connectivity index (χ0v) is 24.4. The number of nitrogens with one attached hydrogen (secondary N) is 2. The highest BCUT2D eigenvalue weighted by molar-refractivity contribution is 5.82. The van der Waals surface area contributed by atoms with E-state index in [1.54, 1.807) is 62.3 Å². The van der Waals surface area contributed by atoms with Crippen LogP contribution >= 0.6 is 0 Å². The topological polar surface area (TPSA) is 164 Å². The molecule has 0 aliphatic carbocycles. The quantitative estimate of drug-likeness (QED) is 0.330. The van der Waals surface area contributed by atoms with Gasteiger partial charge in [0.05, 0.1) is 0 Å². The van der Waals surface area contributed by atoms with Gasteiger partial charge in [-0.3, -0.25) is 9.69 Å². The molecule has 0 aromatic rings. The molecule has 0 rings (SSSR count).